The lowest BCUT2D eigenvalue weighted by atomic mass is 9.87. The van der Waals surface area contributed by atoms with Gasteiger partial charge in [-0.05, 0) is 54.7 Å². The topological polar surface area (TPSA) is 86.3 Å². The van der Waals surface area contributed by atoms with E-state index >= 15 is 0 Å². The van der Waals surface area contributed by atoms with Gasteiger partial charge in [0.2, 0.25) is 5.92 Å². The van der Waals surface area contributed by atoms with E-state index in [-0.39, 0.29) is 25.3 Å². The largest absolute Gasteiger partial charge is 0.356 e. The third kappa shape index (κ3) is 4.58. The summed E-state index contributed by atoms with van der Waals surface area (Å²) in [6, 6.07) is 4.76. The van der Waals surface area contributed by atoms with Gasteiger partial charge >= 0.3 is 0 Å². The average Bonchev–Trinajstić information content (AvgIpc) is 3.46. The Morgan fingerprint density at radius 1 is 0.970 bits per heavy atom. The van der Waals surface area contributed by atoms with Crippen molar-refractivity contribution in [3.05, 3.63) is 42.2 Å². The molecule has 3 heterocycles. The lowest BCUT2D eigenvalue weighted by Gasteiger charge is -2.34. The molecule has 1 atom stereocenters. The molecule has 0 amide bonds. The second-order valence-corrected chi connectivity index (χ2v) is 9.14. The number of tetrazole rings is 1. The number of rotatable bonds is 5. The van der Waals surface area contributed by atoms with Crippen molar-refractivity contribution < 1.29 is 13.2 Å². The van der Waals surface area contributed by atoms with Crippen LogP contribution in [-0.2, 0) is 5.54 Å². The zero-order valence-electron chi connectivity index (χ0n) is 18.3. The Labute approximate surface area is 189 Å². The number of hydrogen-bond acceptors (Lipinski definition) is 6. The third-order valence-electron chi connectivity index (χ3n) is 6.81. The molecule has 2 aliphatic carbocycles. The molecule has 1 unspecified atom stereocenters. The average molecular weight is 461 g/mol. The summed E-state index contributed by atoms with van der Waals surface area (Å²) in [7, 11) is 0. The molecule has 2 aliphatic rings. The van der Waals surface area contributed by atoms with Crippen molar-refractivity contribution in [3.8, 4) is 5.82 Å². The Morgan fingerprint density at radius 2 is 1.82 bits per heavy atom. The molecule has 0 aromatic carbocycles. The van der Waals surface area contributed by atoms with Gasteiger partial charge in [-0.1, -0.05) is 19.3 Å². The van der Waals surface area contributed by atoms with E-state index in [1.807, 2.05) is 4.68 Å². The van der Waals surface area contributed by atoms with Gasteiger partial charge in [-0.3, -0.25) is 0 Å². The van der Waals surface area contributed by atoms with E-state index in [4.69, 9.17) is 0 Å². The van der Waals surface area contributed by atoms with Crippen molar-refractivity contribution in [3.63, 3.8) is 0 Å². The summed E-state index contributed by atoms with van der Waals surface area (Å²) >= 11 is 0. The van der Waals surface area contributed by atoms with Gasteiger partial charge in [-0.15, -0.1) is 10.2 Å². The maximum Gasteiger partial charge on any atom is 0.248 e. The van der Waals surface area contributed by atoms with Crippen LogP contribution in [0.3, 0.4) is 0 Å². The van der Waals surface area contributed by atoms with Crippen LogP contribution in [0, 0.1) is 5.82 Å². The van der Waals surface area contributed by atoms with Crippen LogP contribution in [0.5, 0.6) is 0 Å². The highest BCUT2D eigenvalue weighted by molar-refractivity contribution is 5.40. The maximum absolute atomic E-state index is 14.4. The smallest absolute Gasteiger partial charge is 0.248 e. The first kappa shape index (κ1) is 21.8. The minimum Gasteiger partial charge on any atom is -0.356 e. The van der Waals surface area contributed by atoms with E-state index in [1.165, 1.54) is 23.2 Å². The van der Waals surface area contributed by atoms with Crippen LogP contribution in [0.4, 0.5) is 19.0 Å². The van der Waals surface area contributed by atoms with Gasteiger partial charge in [-0.25, -0.2) is 27.5 Å². The molecular weight excluding hydrogens is 433 g/mol. The van der Waals surface area contributed by atoms with E-state index in [2.05, 4.69) is 30.9 Å². The van der Waals surface area contributed by atoms with Gasteiger partial charge in [0.1, 0.15) is 17.2 Å². The molecule has 11 heteroatoms. The zero-order valence-corrected chi connectivity index (χ0v) is 18.3. The molecule has 5 rings (SSSR count). The molecule has 1 N–H and O–H groups in total. The van der Waals surface area contributed by atoms with Crippen molar-refractivity contribution in [1.82, 2.24) is 35.0 Å². The van der Waals surface area contributed by atoms with Gasteiger partial charge < -0.3 is 5.32 Å². The van der Waals surface area contributed by atoms with Crippen LogP contribution in [0.2, 0.25) is 0 Å². The Balaban J connectivity index is 1.48. The summed E-state index contributed by atoms with van der Waals surface area (Å²) in [5, 5.41) is 20.5. The SMILES string of the molecule is Fc1ccc(-n2ccc(NC3(c4nnnn4C4CCCCC4)CCCC(F)(F)CC3)n2)nc1. The normalized spacial score (nSPS) is 23.8. The number of pyridine rings is 1. The molecule has 3 aromatic heterocycles. The lowest BCUT2D eigenvalue weighted by Crippen LogP contribution is -2.39. The van der Waals surface area contributed by atoms with Gasteiger partial charge in [-0.2, -0.15) is 0 Å². The molecule has 2 fully saturated rings. The Morgan fingerprint density at radius 3 is 2.61 bits per heavy atom. The summed E-state index contributed by atoms with van der Waals surface area (Å²) in [4.78, 5) is 4.05. The van der Waals surface area contributed by atoms with Crippen LogP contribution in [0.15, 0.2) is 30.6 Å². The van der Waals surface area contributed by atoms with Gasteiger partial charge in [0.25, 0.3) is 0 Å². The molecular formula is C22H27F3N8. The van der Waals surface area contributed by atoms with Crippen LogP contribution < -0.4 is 5.32 Å². The number of nitrogens with zero attached hydrogens (tertiary/aromatic N) is 7. The molecule has 8 nitrogen and oxygen atoms in total. The predicted octanol–water partition coefficient (Wildman–Crippen LogP) is 4.80. The third-order valence-corrected chi connectivity index (χ3v) is 6.81. The van der Waals surface area contributed by atoms with Crippen molar-refractivity contribution in [2.45, 2.75) is 81.7 Å². The Kier molecular flexibility index (Phi) is 5.79. The summed E-state index contributed by atoms with van der Waals surface area (Å²) in [5.41, 5.74) is -0.865. The Bertz CT molecular complexity index is 1070. The van der Waals surface area contributed by atoms with Crippen LogP contribution >= 0.6 is 0 Å². The number of alkyl halides is 2. The molecule has 0 saturated heterocycles. The molecule has 2 saturated carbocycles. The summed E-state index contributed by atoms with van der Waals surface area (Å²) in [6.07, 6.45) is 8.79. The summed E-state index contributed by atoms with van der Waals surface area (Å²) in [6.45, 7) is 0. The molecule has 3 aromatic rings. The van der Waals surface area contributed by atoms with E-state index < -0.39 is 17.3 Å². The minimum absolute atomic E-state index is 0.157. The monoisotopic (exact) mass is 460 g/mol. The number of nitrogens with one attached hydrogen (secondary N) is 1. The number of anilines is 1. The fourth-order valence-electron chi connectivity index (χ4n) is 5.05. The number of halogens is 3. The van der Waals surface area contributed by atoms with E-state index in [9.17, 15) is 13.2 Å². The number of hydrogen-bond donors (Lipinski definition) is 1. The molecule has 33 heavy (non-hydrogen) atoms. The van der Waals surface area contributed by atoms with Crippen molar-refractivity contribution in [1.29, 1.82) is 0 Å². The maximum atomic E-state index is 14.4. The van der Waals surface area contributed by atoms with Crippen molar-refractivity contribution >= 4 is 5.82 Å². The molecule has 0 aliphatic heterocycles. The standard InChI is InChI=1S/C22H27F3N8/c23-16-7-8-19(26-15-16)32-14-9-18(29-32)27-21(10-4-11-22(24,25)13-12-21)20-28-30-31-33(20)17-5-2-1-3-6-17/h7-9,14-15,17H,1-6,10-13H2,(H,27,29). The molecule has 0 spiro atoms. The molecule has 0 radical (unpaired) electrons. The summed E-state index contributed by atoms with van der Waals surface area (Å²) < 4.78 is 45.3. The fourth-order valence-corrected chi connectivity index (χ4v) is 5.05. The van der Waals surface area contributed by atoms with Gasteiger partial charge in [0.15, 0.2) is 11.6 Å². The fraction of sp³-hybridized carbons (Fsp3) is 0.591. The Hall–Kier alpha value is -2.98. The first-order valence-electron chi connectivity index (χ1n) is 11.6. The minimum atomic E-state index is -2.72. The van der Waals surface area contributed by atoms with Crippen molar-refractivity contribution in [2.24, 2.45) is 0 Å². The van der Waals surface area contributed by atoms with Crippen molar-refractivity contribution in [2.75, 3.05) is 5.32 Å². The van der Waals surface area contributed by atoms with Crippen LogP contribution in [-0.4, -0.2) is 40.9 Å². The van der Waals surface area contributed by atoms with E-state index in [1.54, 1.807) is 12.3 Å². The van der Waals surface area contributed by atoms with E-state index in [0.717, 1.165) is 31.9 Å². The highest BCUT2D eigenvalue weighted by Gasteiger charge is 2.45. The lowest BCUT2D eigenvalue weighted by molar-refractivity contribution is -0.0152. The van der Waals surface area contributed by atoms with Gasteiger partial charge in [0, 0.05) is 25.1 Å². The van der Waals surface area contributed by atoms with Gasteiger partial charge in [0.05, 0.1) is 12.2 Å². The highest BCUT2D eigenvalue weighted by atomic mass is 19.3. The number of aromatic nitrogens is 7. The first-order chi connectivity index (χ1) is 15.9. The van der Waals surface area contributed by atoms with E-state index in [0.29, 0.717) is 30.3 Å². The zero-order chi connectivity index (χ0) is 22.9. The molecule has 176 valence electrons. The first-order valence-corrected chi connectivity index (χ1v) is 11.6. The predicted molar refractivity (Wildman–Crippen MR) is 115 cm³/mol. The second kappa shape index (κ2) is 8.75. The second-order valence-electron chi connectivity index (χ2n) is 9.14. The van der Waals surface area contributed by atoms with Crippen LogP contribution in [0.25, 0.3) is 5.82 Å². The summed E-state index contributed by atoms with van der Waals surface area (Å²) in [5.74, 6) is -1.59. The highest BCUT2D eigenvalue weighted by Crippen LogP contribution is 2.44. The molecule has 0 bridgehead atoms. The van der Waals surface area contributed by atoms with Crippen LogP contribution in [0.1, 0.15) is 76.1 Å². The quantitative estimate of drug-likeness (QED) is 0.550.